The zero-order valence-electron chi connectivity index (χ0n) is 11.1. The van der Waals surface area contributed by atoms with Crippen LogP contribution in [0.3, 0.4) is 0 Å². The van der Waals surface area contributed by atoms with Crippen molar-refractivity contribution >= 4 is 28.6 Å². The summed E-state index contributed by atoms with van der Waals surface area (Å²) in [6, 6.07) is 10.1. The van der Waals surface area contributed by atoms with Crippen LogP contribution in [0.25, 0.3) is 0 Å². The summed E-state index contributed by atoms with van der Waals surface area (Å²) in [5.74, 6) is 0.491. The molecule has 0 unspecified atom stereocenters. The summed E-state index contributed by atoms with van der Waals surface area (Å²) in [7, 11) is 0. The third-order valence-corrected chi connectivity index (χ3v) is 3.14. The molecule has 0 bridgehead atoms. The Morgan fingerprint density at radius 3 is 2.79 bits per heavy atom. The first-order valence-electron chi connectivity index (χ1n) is 6.18. The molecule has 0 amide bonds. The number of nitrogens with one attached hydrogen (secondary N) is 1. The lowest BCUT2D eigenvalue weighted by molar-refractivity contribution is 0.867. The second-order valence-electron chi connectivity index (χ2n) is 4.69. The standard InChI is InChI=1S/C15H17N3S/c1-10(2)11-4-3-5-12(8-11)18-14-9-17-7-6-13(14)15(16)19/h3-10,18H,1-2H3,(H2,16,19). The number of rotatable bonds is 4. The first-order valence-corrected chi connectivity index (χ1v) is 6.59. The fraction of sp³-hybridized carbons (Fsp3) is 0.200. The lowest BCUT2D eigenvalue weighted by Gasteiger charge is -2.12. The minimum absolute atomic E-state index is 0.366. The van der Waals surface area contributed by atoms with Gasteiger partial charge in [0.05, 0.1) is 11.9 Å². The van der Waals surface area contributed by atoms with Gasteiger partial charge >= 0.3 is 0 Å². The number of hydrogen-bond donors (Lipinski definition) is 2. The molecule has 3 N–H and O–H groups in total. The minimum atomic E-state index is 0.366. The molecule has 2 aromatic rings. The molecular formula is C15H17N3S. The Balaban J connectivity index is 2.31. The molecule has 0 spiro atoms. The number of anilines is 2. The molecule has 98 valence electrons. The molecule has 1 heterocycles. The topological polar surface area (TPSA) is 50.9 Å². The smallest absolute Gasteiger partial charge is 0.106 e. The zero-order valence-corrected chi connectivity index (χ0v) is 11.9. The van der Waals surface area contributed by atoms with Crippen molar-refractivity contribution in [1.29, 1.82) is 0 Å². The minimum Gasteiger partial charge on any atom is -0.389 e. The Morgan fingerprint density at radius 2 is 2.11 bits per heavy atom. The van der Waals surface area contributed by atoms with Crippen LogP contribution in [0.5, 0.6) is 0 Å². The number of pyridine rings is 1. The van der Waals surface area contributed by atoms with Gasteiger partial charge in [-0.3, -0.25) is 4.98 Å². The van der Waals surface area contributed by atoms with E-state index in [2.05, 4.69) is 36.3 Å². The summed E-state index contributed by atoms with van der Waals surface area (Å²) in [6.45, 7) is 4.34. The van der Waals surface area contributed by atoms with Crippen LogP contribution in [-0.2, 0) is 0 Å². The molecule has 1 aromatic carbocycles. The van der Waals surface area contributed by atoms with Gasteiger partial charge in [-0.05, 0) is 29.7 Å². The van der Waals surface area contributed by atoms with E-state index in [0.717, 1.165) is 16.9 Å². The Kier molecular flexibility index (Phi) is 4.12. The van der Waals surface area contributed by atoms with E-state index in [4.69, 9.17) is 18.0 Å². The van der Waals surface area contributed by atoms with Crippen LogP contribution < -0.4 is 11.1 Å². The average molecular weight is 271 g/mol. The highest BCUT2D eigenvalue weighted by Crippen LogP contribution is 2.23. The molecule has 0 saturated heterocycles. The summed E-state index contributed by atoms with van der Waals surface area (Å²) in [5.41, 5.74) is 9.64. The number of benzene rings is 1. The predicted molar refractivity (Wildman–Crippen MR) is 83.9 cm³/mol. The first-order chi connectivity index (χ1) is 9.08. The van der Waals surface area contributed by atoms with Crippen molar-refractivity contribution in [1.82, 2.24) is 4.98 Å². The van der Waals surface area contributed by atoms with Crippen LogP contribution in [0.15, 0.2) is 42.7 Å². The van der Waals surface area contributed by atoms with Crippen molar-refractivity contribution in [3.8, 4) is 0 Å². The monoisotopic (exact) mass is 271 g/mol. The van der Waals surface area contributed by atoms with Crippen molar-refractivity contribution in [2.75, 3.05) is 5.32 Å². The normalized spacial score (nSPS) is 10.5. The fourth-order valence-corrected chi connectivity index (χ4v) is 2.02. The number of nitrogens with zero attached hydrogens (tertiary/aromatic N) is 1. The van der Waals surface area contributed by atoms with Gasteiger partial charge in [-0.1, -0.05) is 38.2 Å². The fourth-order valence-electron chi connectivity index (χ4n) is 1.84. The molecule has 1 aromatic heterocycles. The third-order valence-electron chi connectivity index (χ3n) is 2.92. The lowest BCUT2D eigenvalue weighted by atomic mass is 10.0. The molecule has 19 heavy (non-hydrogen) atoms. The van der Waals surface area contributed by atoms with Gasteiger partial charge in [-0.2, -0.15) is 0 Å². The van der Waals surface area contributed by atoms with Crippen molar-refractivity contribution < 1.29 is 0 Å². The molecule has 0 aliphatic carbocycles. The van der Waals surface area contributed by atoms with Crippen molar-refractivity contribution in [3.05, 3.63) is 53.9 Å². The van der Waals surface area contributed by atoms with Gasteiger partial charge in [-0.15, -0.1) is 0 Å². The summed E-state index contributed by atoms with van der Waals surface area (Å²) >= 11 is 5.04. The van der Waals surface area contributed by atoms with Crippen LogP contribution in [0.4, 0.5) is 11.4 Å². The highest BCUT2D eigenvalue weighted by molar-refractivity contribution is 7.80. The number of nitrogens with two attached hydrogens (primary N) is 1. The van der Waals surface area contributed by atoms with E-state index in [1.807, 2.05) is 18.2 Å². The lowest BCUT2D eigenvalue weighted by Crippen LogP contribution is -2.12. The molecule has 0 fully saturated rings. The van der Waals surface area contributed by atoms with Crippen LogP contribution in [-0.4, -0.2) is 9.97 Å². The maximum Gasteiger partial charge on any atom is 0.106 e. The van der Waals surface area contributed by atoms with Gasteiger partial charge in [0.1, 0.15) is 4.99 Å². The van der Waals surface area contributed by atoms with Crippen molar-refractivity contribution in [2.24, 2.45) is 5.73 Å². The molecule has 4 heteroatoms. The molecule has 0 aliphatic rings. The van der Waals surface area contributed by atoms with E-state index in [0.29, 0.717) is 10.9 Å². The highest BCUT2D eigenvalue weighted by atomic mass is 32.1. The SMILES string of the molecule is CC(C)c1cccc(Nc2cnccc2C(N)=S)c1. The van der Waals surface area contributed by atoms with Crippen molar-refractivity contribution in [2.45, 2.75) is 19.8 Å². The zero-order chi connectivity index (χ0) is 13.8. The van der Waals surface area contributed by atoms with E-state index >= 15 is 0 Å². The van der Waals surface area contributed by atoms with Crippen LogP contribution >= 0.6 is 12.2 Å². The Hall–Kier alpha value is -1.94. The second-order valence-corrected chi connectivity index (χ2v) is 5.13. The van der Waals surface area contributed by atoms with Crippen LogP contribution in [0, 0.1) is 0 Å². The molecular weight excluding hydrogens is 254 g/mol. The van der Waals surface area contributed by atoms with E-state index in [1.165, 1.54) is 5.56 Å². The van der Waals surface area contributed by atoms with Crippen molar-refractivity contribution in [3.63, 3.8) is 0 Å². The van der Waals surface area contributed by atoms with E-state index in [9.17, 15) is 0 Å². The maximum absolute atomic E-state index is 5.71. The van der Waals surface area contributed by atoms with E-state index in [-0.39, 0.29) is 0 Å². The largest absolute Gasteiger partial charge is 0.389 e. The number of aromatic nitrogens is 1. The molecule has 0 atom stereocenters. The average Bonchev–Trinajstić information content (AvgIpc) is 2.39. The number of hydrogen-bond acceptors (Lipinski definition) is 3. The Bertz CT molecular complexity index is 593. The van der Waals surface area contributed by atoms with Gasteiger partial charge < -0.3 is 11.1 Å². The number of thiocarbonyl (C=S) groups is 1. The quantitative estimate of drug-likeness (QED) is 0.834. The molecule has 2 rings (SSSR count). The maximum atomic E-state index is 5.71. The van der Waals surface area contributed by atoms with Gasteiger partial charge in [0.15, 0.2) is 0 Å². The summed E-state index contributed by atoms with van der Waals surface area (Å²) in [6.07, 6.45) is 3.42. The first kappa shape index (κ1) is 13.5. The molecule has 3 nitrogen and oxygen atoms in total. The predicted octanol–water partition coefficient (Wildman–Crippen LogP) is 3.58. The van der Waals surface area contributed by atoms with Crippen LogP contribution in [0.2, 0.25) is 0 Å². The molecule has 0 saturated carbocycles. The van der Waals surface area contributed by atoms with E-state index in [1.54, 1.807) is 12.4 Å². The van der Waals surface area contributed by atoms with Gasteiger partial charge in [0, 0.05) is 17.4 Å². The Labute approximate surface area is 118 Å². The summed E-state index contributed by atoms with van der Waals surface area (Å²) < 4.78 is 0. The third kappa shape index (κ3) is 3.29. The van der Waals surface area contributed by atoms with E-state index < -0.39 is 0 Å². The molecule has 0 radical (unpaired) electrons. The second kappa shape index (κ2) is 5.80. The van der Waals surface area contributed by atoms with Gasteiger partial charge in [-0.25, -0.2) is 0 Å². The van der Waals surface area contributed by atoms with Gasteiger partial charge in [0.2, 0.25) is 0 Å². The highest BCUT2D eigenvalue weighted by Gasteiger charge is 2.06. The molecule has 0 aliphatic heterocycles. The summed E-state index contributed by atoms with van der Waals surface area (Å²) in [4.78, 5) is 4.47. The van der Waals surface area contributed by atoms with Gasteiger partial charge in [0.25, 0.3) is 0 Å². The Morgan fingerprint density at radius 1 is 1.32 bits per heavy atom. The van der Waals surface area contributed by atoms with Crippen LogP contribution in [0.1, 0.15) is 30.9 Å². The summed E-state index contributed by atoms with van der Waals surface area (Å²) in [5, 5.41) is 3.32.